The smallest absolute Gasteiger partial charge is 0.323 e. The van der Waals surface area contributed by atoms with E-state index in [9.17, 15) is 9.59 Å². The third-order valence-electron chi connectivity index (χ3n) is 6.21. The molecule has 1 N–H and O–H groups in total. The monoisotopic (exact) mass is 391 g/mol. The molecule has 2 aliphatic heterocycles. The van der Waals surface area contributed by atoms with Crippen molar-refractivity contribution in [2.24, 2.45) is 5.92 Å². The zero-order valence-corrected chi connectivity index (χ0v) is 16.8. The van der Waals surface area contributed by atoms with Crippen LogP contribution in [0.15, 0.2) is 5.38 Å². The van der Waals surface area contributed by atoms with Crippen molar-refractivity contribution >= 4 is 28.4 Å². The van der Waals surface area contributed by atoms with Gasteiger partial charge in [-0.25, -0.2) is 9.78 Å². The number of rotatable bonds is 3. The molecule has 3 heterocycles. The van der Waals surface area contributed by atoms with Gasteiger partial charge < -0.3 is 14.7 Å². The van der Waals surface area contributed by atoms with E-state index in [-0.39, 0.29) is 17.9 Å². The number of carbonyl (C=O) groups excluding carboxylic acids is 2. The van der Waals surface area contributed by atoms with Crippen LogP contribution in [0, 0.1) is 5.92 Å². The van der Waals surface area contributed by atoms with Gasteiger partial charge in [0, 0.05) is 56.5 Å². The lowest BCUT2D eigenvalue weighted by Crippen LogP contribution is -2.51. The first-order valence-corrected chi connectivity index (χ1v) is 11.0. The SMILES string of the molecule is CN1CCN(C(=O)C2CCN(C(=O)Nc3nc(C4CCC4)cs3)CC2)CC1. The van der Waals surface area contributed by atoms with Gasteiger partial charge in [0.25, 0.3) is 0 Å². The Balaban J connectivity index is 1.24. The van der Waals surface area contributed by atoms with Gasteiger partial charge in [0.2, 0.25) is 5.91 Å². The molecule has 8 heteroatoms. The second-order valence-electron chi connectivity index (χ2n) is 8.03. The highest BCUT2D eigenvalue weighted by molar-refractivity contribution is 7.13. The fraction of sp³-hybridized carbons (Fsp3) is 0.737. The summed E-state index contributed by atoms with van der Waals surface area (Å²) in [6.45, 7) is 4.81. The molecular weight excluding hydrogens is 362 g/mol. The Morgan fingerprint density at radius 1 is 1.04 bits per heavy atom. The van der Waals surface area contributed by atoms with Gasteiger partial charge in [-0.15, -0.1) is 11.3 Å². The van der Waals surface area contributed by atoms with Gasteiger partial charge in [-0.05, 0) is 32.7 Å². The summed E-state index contributed by atoms with van der Waals surface area (Å²) in [4.78, 5) is 35.9. The van der Waals surface area contributed by atoms with Gasteiger partial charge in [0.15, 0.2) is 5.13 Å². The highest BCUT2D eigenvalue weighted by atomic mass is 32.1. The first kappa shape index (κ1) is 18.7. The summed E-state index contributed by atoms with van der Waals surface area (Å²) in [6.07, 6.45) is 5.22. The van der Waals surface area contributed by atoms with Crippen molar-refractivity contribution < 1.29 is 9.59 Å². The number of urea groups is 1. The molecule has 3 fully saturated rings. The van der Waals surface area contributed by atoms with Crippen LogP contribution in [-0.4, -0.2) is 77.9 Å². The van der Waals surface area contributed by atoms with Crippen LogP contribution in [0.4, 0.5) is 9.93 Å². The number of thiazole rings is 1. The number of carbonyl (C=O) groups is 2. The van der Waals surface area contributed by atoms with Gasteiger partial charge in [0.1, 0.15) is 0 Å². The van der Waals surface area contributed by atoms with E-state index < -0.39 is 0 Å². The molecule has 1 aliphatic carbocycles. The van der Waals surface area contributed by atoms with E-state index in [1.54, 1.807) is 0 Å². The molecule has 0 unspecified atom stereocenters. The summed E-state index contributed by atoms with van der Waals surface area (Å²) in [5.41, 5.74) is 1.12. The minimum absolute atomic E-state index is 0.0579. The number of anilines is 1. The lowest BCUT2D eigenvalue weighted by Gasteiger charge is -2.37. The van der Waals surface area contributed by atoms with Crippen LogP contribution in [0.1, 0.15) is 43.7 Å². The first-order chi connectivity index (χ1) is 13.1. The molecule has 0 aromatic carbocycles. The first-order valence-electron chi connectivity index (χ1n) is 10.1. The van der Waals surface area contributed by atoms with Gasteiger partial charge >= 0.3 is 6.03 Å². The van der Waals surface area contributed by atoms with Gasteiger partial charge in [-0.2, -0.15) is 0 Å². The Kier molecular flexibility index (Phi) is 5.63. The maximum absolute atomic E-state index is 12.7. The minimum atomic E-state index is -0.0880. The summed E-state index contributed by atoms with van der Waals surface area (Å²) in [5, 5.41) is 5.70. The molecular formula is C19H29N5O2S. The zero-order chi connectivity index (χ0) is 18.8. The highest BCUT2D eigenvalue weighted by Crippen LogP contribution is 2.37. The summed E-state index contributed by atoms with van der Waals surface area (Å²) in [7, 11) is 2.09. The van der Waals surface area contributed by atoms with E-state index in [0.717, 1.165) is 44.7 Å². The van der Waals surface area contributed by atoms with Crippen molar-refractivity contribution in [1.29, 1.82) is 0 Å². The number of likely N-dealkylation sites (N-methyl/N-ethyl adjacent to an activating group) is 1. The number of nitrogens with zero attached hydrogens (tertiary/aromatic N) is 4. The second-order valence-corrected chi connectivity index (χ2v) is 8.88. The molecule has 1 aromatic rings. The number of aromatic nitrogens is 1. The molecule has 0 bridgehead atoms. The Labute approximate surface area is 164 Å². The topological polar surface area (TPSA) is 68.8 Å². The second kappa shape index (κ2) is 8.14. The van der Waals surface area contributed by atoms with E-state index in [1.165, 1.54) is 30.6 Å². The van der Waals surface area contributed by atoms with Crippen LogP contribution >= 0.6 is 11.3 Å². The molecule has 0 atom stereocenters. The van der Waals surface area contributed by atoms with E-state index in [4.69, 9.17) is 0 Å². The fourth-order valence-corrected chi connectivity index (χ4v) is 4.80. The molecule has 1 aromatic heterocycles. The van der Waals surface area contributed by atoms with Crippen molar-refractivity contribution in [2.75, 3.05) is 51.6 Å². The molecule has 4 rings (SSSR count). The van der Waals surface area contributed by atoms with E-state index in [2.05, 4.69) is 27.6 Å². The van der Waals surface area contributed by atoms with E-state index in [1.807, 2.05) is 9.80 Å². The number of hydrogen-bond acceptors (Lipinski definition) is 5. The van der Waals surface area contributed by atoms with Crippen molar-refractivity contribution in [3.63, 3.8) is 0 Å². The molecule has 0 radical (unpaired) electrons. The van der Waals surface area contributed by atoms with E-state index in [0.29, 0.717) is 24.1 Å². The summed E-state index contributed by atoms with van der Waals surface area (Å²) < 4.78 is 0. The normalized spacial score (nSPS) is 22.6. The summed E-state index contributed by atoms with van der Waals surface area (Å²) in [5.74, 6) is 0.916. The average molecular weight is 392 g/mol. The van der Waals surface area contributed by atoms with Crippen molar-refractivity contribution in [1.82, 2.24) is 19.7 Å². The number of piperazine rings is 1. The predicted molar refractivity (Wildman–Crippen MR) is 106 cm³/mol. The summed E-state index contributed by atoms with van der Waals surface area (Å²) >= 11 is 1.51. The molecule has 148 valence electrons. The molecule has 27 heavy (non-hydrogen) atoms. The molecule has 2 saturated heterocycles. The highest BCUT2D eigenvalue weighted by Gasteiger charge is 2.31. The maximum atomic E-state index is 12.7. The van der Waals surface area contributed by atoms with Gasteiger partial charge in [-0.3, -0.25) is 10.1 Å². The largest absolute Gasteiger partial charge is 0.340 e. The lowest BCUT2D eigenvalue weighted by molar-refractivity contribution is -0.138. The van der Waals surface area contributed by atoms with Crippen LogP contribution in [0.2, 0.25) is 0 Å². The molecule has 3 aliphatic rings. The third-order valence-corrected chi connectivity index (χ3v) is 6.98. The van der Waals surface area contributed by atoms with Crippen LogP contribution in [0.25, 0.3) is 0 Å². The quantitative estimate of drug-likeness (QED) is 0.859. The number of nitrogens with one attached hydrogen (secondary N) is 1. The van der Waals surface area contributed by atoms with Crippen LogP contribution in [-0.2, 0) is 4.79 Å². The van der Waals surface area contributed by atoms with Crippen LogP contribution in [0.3, 0.4) is 0 Å². The minimum Gasteiger partial charge on any atom is -0.340 e. The number of hydrogen-bond donors (Lipinski definition) is 1. The van der Waals surface area contributed by atoms with Crippen molar-refractivity contribution in [2.45, 2.75) is 38.0 Å². The molecule has 7 nitrogen and oxygen atoms in total. The van der Waals surface area contributed by atoms with Gasteiger partial charge in [-0.1, -0.05) is 6.42 Å². The fourth-order valence-electron chi connectivity index (χ4n) is 4.02. The third kappa shape index (κ3) is 4.27. The number of likely N-dealkylation sites (tertiary alicyclic amines) is 1. The lowest BCUT2D eigenvalue weighted by atomic mass is 9.83. The molecule has 0 spiro atoms. The van der Waals surface area contributed by atoms with Crippen LogP contribution < -0.4 is 5.32 Å². The van der Waals surface area contributed by atoms with E-state index >= 15 is 0 Å². The maximum Gasteiger partial charge on any atom is 0.323 e. The standard InChI is InChI=1S/C19H29N5O2S/c1-22-9-11-23(12-10-22)17(25)15-5-7-24(8-6-15)19(26)21-18-20-16(13-27-18)14-3-2-4-14/h13-15H,2-12H2,1H3,(H,20,21,26). The zero-order valence-electron chi connectivity index (χ0n) is 16.0. The van der Waals surface area contributed by atoms with Crippen molar-refractivity contribution in [3.8, 4) is 0 Å². The predicted octanol–water partition coefficient (Wildman–Crippen LogP) is 2.43. The Bertz CT molecular complexity index is 673. The Morgan fingerprint density at radius 2 is 1.74 bits per heavy atom. The molecule has 1 saturated carbocycles. The Hall–Kier alpha value is -1.67. The van der Waals surface area contributed by atoms with Crippen LogP contribution in [0.5, 0.6) is 0 Å². The Morgan fingerprint density at radius 3 is 2.37 bits per heavy atom. The number of piperidine rings is 1. The molecule has 3 amide bonds. The average Bonchev–Trinajstić information content (AvgIpc) is 3.08. The summed E-state index contributed by atoms with van der Waals surface area (Å²) in [6, 6.07) is -0.0880. The number of amides is 3. The van der Waals surface area contributed by atoms with Gasteiger partial charge in [0.05, 0.1) is 5.69 Å². The van der Waals surface area contributed by atoms with Crippen molar-refractivity contribution in [3.05, 3.63) is 11.1 Å².